The van der Waals surface area contributed by atoms with Crippen LogP contribution in [0.15, 0.2) is 0 Å². The fourth-order valence-corrected chi connectivity index (χ4v) is 0.968. The molecule has 0 saturated carbocycles. The fourth-order valence-electron chi connectivity index (χ4n) is 0.968. The third kappa shape index (κ3) is 7.46. The van der Waals surface area contributed by atoms with Crippen molar-refractivity contribution in [2.24, 2.45) is 5.73 Å². The Labute approximate surface area is 79.4 Å². The van der Waals surface area contributed by atoms with Crippen LogP contribution in [0.25, 0.3) is 0 Å². The number of ketones is 1. The van der Waals surface area contributed by atoms with Gasteiger partial charge in [-0.15, -0.1) is 0 Å². The summed E-state index contributed by atoms with van der Waals surface area (Å²) in [6.07, 6.45) is 2.63. The molecular formula is C9H19N3O. The molecule has 0 saturated heterocycles. The summed E-state index contributed by atoms with van der Waals surface area (Å²) in [5.41, 5.74) is 5.55. The van der Waals surface area contributed by atoms with Gasteiger partial charge >= 0.3 is 0 Å². The Morgan fingerprint density at radius 2 is 2.08 bits per heavy atom. The van der Waals surface area contributed by atoms with Gasteiger partial charge in [-0.3, -0.25) is 10.2 Å². The molecule has 76 valence electrons. The lowest BCUT2D eigenvalue weighted by Crippen LogP contribution is -2.28. The van der Waals surface area contributed by atoms with Gasteiger partial charge in [0.25, 0.3) is 0 Å². The molecule has 0 aromatic carbocycles. The highest BCUT2D eigenvalue weighted by Gasteiger charge is 2.06. The van der Waals surface area contributed by atoms with Crippen LogP contribution < -0.4 is 11.1 Å². The number of Topliss-reactive ketones (excluding diaryl/α,β-unsaturated/α-hetero) is 1. The van der Waals surface area contributed by atoms with E-state index < -0.39 is 0 Å². The molecule has 0 aliphatic rings. The minimum absolute atomic E-state index is 0.0520. The molecule has 0 aliphatic carbocycles. The van der Waals surface area contributed by atoms with Crippen molar-refractivity contribution < 1.29 is 4.79 Å². The number of nitrogens with two attached hydrogens (primary N) is 1. The number of nitrogens with one attached hydrogen (secondary N) is 2. The zero-order valence-electron chi connectivity index (χ0n) is 8.39. The average Bonchev–Trinajstić information content (AvgIpc) is 2.02. The maximum Gasteiger partial charge on any atom is 0.146 e. The summed E-state index contributed by atoms with van der Waals surface area (Å²) in [5, 5.41) is 10.00. The fraction of sp³-hybridized carbons (Fsp3) is 0.778. The second-order valence-electron chi connectivity index (χ2n) is 3.26. The molecule has 0 amide bonds. The van der Waals surface area contributed by atoms with Crippen molar-refractivity contribution in [1.29, 1.82) is 5.41 Å². The van der Waals surface area contributed by atoms with Crippen molar-refractivity contribution in [2.75, 3.05) is 6.54 Å². The van der Waals surface area contributed by atoms with Gasteiger partial charge in [-0.25, -0.2) is 0 Å². The number of unbranched alkanes of at least 4 members (excludes halogenated alkanes) is 1. The van der Waals surface area contributed by atoms with Crippen LogP contribution in [0.5, 0.6) is 0 Å². The maximum absolute atomic E-state index is 10.7. The lowest BCUT2D eigenvalue weighted by molar-refractivity contribution is -0.118. The van der Waals surface area contributed by atoms with E-state index in [1.165, 1.54) is 6.92 Å². The molecule has 1 atom stereocenters. The summed E-state index contributed by atoms with van der Waals surface area (Å²) < 4.78 is 0. The van der Waals surface area contributed by atoms with Gasteiger partial charge < -0.3 is 11.1 Å². The Hall–Kier alpha value is -0.900. The van der Waals surface area contributed by atoms with E-state index in [1.807, 2.05) is 0 Å². The second-order valence-corrected chi connectivity index (χ2v) is 3.26. The number of carbonyl (C=O) groups excluding carboxylic acids is 1. The van der Waals surface area contributed by atoms with E-state index in [-0.39, 0.29) is 11.8 Å². The summed E-state index contributed by atoms with van der Waals surface area (Å²) in [7, 11) is 0. The molecule has 0 rings (SSSR count). The Morgan fingerprint density at radius 1 is 1.46 bits per heavy atom. The zero-order valence-corrected chi connectivity index (χ0v) is 8.39. The minimum Gasteiger partial charge on any atom is -0.374 e. The molecule has 13 heavy (non-hydrogen) atoms. The van der Waals surface area contributed by atoms with Crippen molar-refractivity contribution in [3.05, 3.63) is 0 Å². The van der Waals surface area contributed by atoms with Crippen LogP contribution in [-0.4, -0.2) is 24.2 Å². The topological polar surface area (TPSA) is 79.0 Å². The first-order chi connectivity index (χ1) is 6.04. The molecular weight excluding hydrogens is 166 g/mol. The number of carbonyl (C=O) groups is 1. The third-order valence-corrected chi connectivity index (χ3v) is 1.85. The highest BCUT2D eigenvalue weighted by Crippen LogP contribution is 1.98. The van der Waals surface area contributed by atoms with Gasteiger partial charge in [-0.05, 0) is 33.1 Å². The summed E-state index contributed by atoms with van der Waals surface area (Å²) in [4.78, 5) is 10.7. The molecule has 0 aromatic heterocycles. The highest BCUT2D eigenvalue weighted by molar-refractivity contribution is 5.81. The van der Waals surface area contributed by atoms with Crippen LogP contribution in [0.4, 0.5) is 0 Å². The quantitative estimate of drug-likeness (QED) is 0.323. The molecule has 0 unspecified atom stereocenters. The third-order valence-electron chi connectivity index (χ3n) is 1.85. The summed E-state index contributed by atoms with van der Waals surface area (Å²) in [6, 6.07) is -0.305. The summed E-state index contributed by atoms with van der Waals surface area (Å²) >= 11 is 0. The summed E-state index contributed by atoms with van der Waals surface area (Å²) in [5.74, 6) is 0.534. The largest absolute Gasteiger partial charge is 0.374 e. The van der Waals surface area contributed by atoms with E-state index in [1.54, 1.807) is 6.92 Å². The highest BCUT2D eigenvalue weighted by atomic mass is 16.1. The Morgan fingerprint density at radius 3 is 2.54 bits per heavy atom. The molecule has 4 N–H and O–H groups in total. The van der Waals surface area contributed by atoms with Gasteiger partial charge in [-0.2, -0.15) is 0 Å². The first-order valence-electron chi connectivity index (χ1n) is 4.59. The Balaban J connectivity index is 3.26. The van der Waals surface area contributed by atoms with E-state index in [9.17, 15) is 4.79 Å². The average molecular weight is 185 g/mol. The lowest BCUT2D eigenvalue weighted by atomic mass is 10.1. The van der Waals surface area contributed by atoms with Crippen molar-refractivity contribution in [3.63, 3.8) is 0 Å². The Bertz CT molecular complexity index is 180. The van der Waals surface area contributed by atoms with Crippen LogP contribution >= 0.6 is 0 Å². The van der Waals surface area contributed by atoms with Crippen molar-refractivity contribution >= 4 is 11.6 Å². The predicted molar refractivity (Wildman–Crippen MR) is 53.9 cm³/mol. The van der Waals surface area contributed by atoms with Crippen LogP contribution in [0.1, 0.15) is 33.1 Å². The van der Waals surface area contributed by atoms with Gasteiger partial charge in [0.2, 0.25) is 0 Å². The zero-order chi connectivity index (χ0) is 10.3. The number of amidine groups is 1. The van der Waals surface area contributed by atoms with E-state index in [0.29, 0.717) is 5.84 Å². The standard InChI is InChI=1S/C9H19N3O/c1-7(13)9(11)5-3-4-6-12-8(2)10/h9H,3-6,11H2,1-2H3,(H2,10,12)/t9-/m0/s1. The second kappa shape index (κ2) is 6.60. The molecule has 0 aliphatic heterocycles. The summed E-state index contributed by atoms with van der Waals surface area (Å²) in [6.45, 7) is 4.02. The number of hydrogen-bond donors (Lipinski definition) is 3. The van der Waals surface area contributed by atoms with Gasteiger partial charge in [0.1, 0.15) is 5.78 Å². The van der Waals surface area contributed by atoms with E-state index in [0.717, 1.165) is 25.8 Å². The van der Waals surface area contributed by atoms with Crippen molar-refractivity contribution in [2.45, 2.75) is 39.2 Å². The van der Waals surface area contributed by atoms with Gasteiger partial charge in [0.05, 0.1) is 11.9 Å². The van der Waals surface area contributed by atoms with Crippen LogP contribution in [-0.2, 0) is 4.79 Å². The van der Waals surface area contributed by atoms with Crippen LogP contribution in [0, 0.1) is 5.41 Å². The molecule has 0 spiro atoms. The molecule has 4 heteroatoms. The monoisotopic (exact) mass is 185 g/mol. The van der Waals surface area contributed by atoms with Crippen molar-refractivity contribution in [3.8, 4) is 0 Å². The van der Waals surface area contributed by atoms with Crippen LogP contribution in [0.3, 0.4) is 0 Å². The van der Waals surface area contributed by atoms with E-state index in [4.69, 9.17) is 11.1 Å². The molecule has 0 fully saturated rings. The molecule has 0 bridgehead atoms. The van der Waals surface area contributed by atoms with Gasteiger partial charge in [-0.1, -0.05) is 0 Å². The molecule has 0 radical (unpaired) electrons. The predicted octanol–water partition coefficient (Wildman–Crippen LogP) is 0.660. The first kappa shape index (κ1) is 12.1. The maximum atomic E-state index is 10.7. The smallest absolute Gasteiger partial charge is 0.146 e. The molecule has 0 heterocycles. The lowest BCUT2D eigenvalue weighted by Gasteiger charge is -2.07. The minimum atomic E-state index is -0.305. The van der Waals surface area contributed by atoms with E-state index >= 15 is 0 Å². The van der Waals surface area contributed by atoms with Gasteiger partial charge in [0, 0.05) is 6.54 Å². The van der Waals surface area contributed by atoms with Gasteiger partial charge in [0.15, 0.2) is 0 Å². The molecule has 0 aromatic rings. The number of hydrogen-bond acceptors (Lipinski definition) is 3. The number of rotatable bonds is 6. The van der Waals surface area contributed by atoms with Crippen LogP contribution in [0.2, 0.25) is 0 Å². The van der Waals surface area contributed by atoms with Crippen molar-refractivity contribution in [1.82, 2.24) is 5.32 Å². The molecule has 4 nitrogen and oxygen atoms in total. The normalized spacial score (nSPS) is 12.2. The Kier molecular flexibility index (Phi) is 6.14. The first-order valence-corrected chi connectivity index (χ1v) is 4.59. The van der Waals surface area contributed by atoms with E-state index in [2.05, 4.69) is 5.32 Å². The SMILES string of the molecule is CC(=N)NCCCC[C@H](N)C(C)=O.